The number of carbonyl (C=O) groups is 2. The zero-order valence-corrected chi connectivity index (χ0v) is 35.5. The number of hydrogen-bond donors (Lipinski definition) is 0. The molecule has 292 valence electrons. The Morgan fingerprint density at radius 2 is 0.630 bits per heavy atom. The molecule has 0 amide bonds. The number of rotatable bonds is 18. The van der Waals surface area contributed by atoms with Crippen LogP contribution in [0.3, 0.4) is 0 Å². The van der Waals surface area contributed by atoms with E-state index in [1.807, 2.05) is 0 Å². The van der Waals surface area contributed by atoms with E-state index in [4.69, 9.17) is 9.47 Å². The summed E-state index contributed by atoms with van der Waals surface area (Å²) in [4.78, 5) is 27.4. The topological polar surface area (TPSA) is 52.6 Å². The number of hydrogen-bond acceptors (Lipinski definition) is 4. The van der Waals surface area contributed by atoms with Crippen LogP contribution in [0.15, 0.2) is 12.1 Å². The van der Waals surface area contributed by atoms with E-state index in [-0.39, 0.29) is 0 Å². The Bertz CT molecular complexity index is 1870. The first-order chi connectivity index (χ1) is 26.2. The van der Waals surface area contributed by atoms with Crippen molar-refractivity contribution in [3.8, 4) is 0 Å². The predicted octanol–water partition coefficient (Wildman–Crippen LogP) is 12.7. The van der Waals surface area contributed by atoms with Crippen LogP contribution in [0.2, 0.25) is 0 Å². The monoisotopic (exact) mass is 733 g/mol. The van der Waals surface area contributed by atoms with Crippen LogP contribution in [0.5, 0.6) is 0 Å². The summed E-state index contributed by atoms with van der Waals surface area (Å²) in [6, 6.07) is 5.28. The first-order valence-corrected chi connectivity index (χ1v) is 21.7. The van der Waals surface area contributed by atoms with Gasteiger partial charge in [0.1, 0.15) is 0 Å². The lowest BCUT2D eigenvalue weighted by molar-refractivity contribution is 0.0552. The Morgan fingerprint density at radius 3 is 0.926 bits per heavy atom. The van der Waals surface area contributed by atoms with Gasteiger partial charge in [0.25, 0.3) is 0 Å². The zero-order chi connectivity index (χ0) is 39.1. The Labute approximate surface area is 326 Å². The highest BCUT2D eigenvalue weighted by Crippen LogP contribution is 2.46. The van der Waals surface area contributed by atoms with Crippen molar-refractivity contribution >= 4 is 33.5 Å². The molecule has 0 radical (unpaired) electrons. The van der Waals surface area contributed by atoms with Gasteiger partial charge >= 0.3 is 11.9 Å². The van der Waals surface area contributed by atoms with Gasteiger partial charge < -0.3 is 9.47 Å². The van der Waals surface area contributed by atoms with E-state index in [1.54, 1.807) is 22.3 Å². The van der Waals surface area contributed by atoms with Gasteiger partial charge in [0, 0.05) is 0 Å². The largest absolute Gasteiger partial charge is 0.465 e. The minimum absolute atomic E-state index is 0.424. The summed E-state index contributed by atoms with van der Waals surface area (Å²) in [5, 5.41) is 5.84. The van der Waals surface area contributed by atoms with Crippen LogP contribution in [0.25, 0.3) is 21.5 Å². The van der Waals surface area contributed by atoms with E-state index in [0.717, 1.165) is 114 Å². The molecule has 0 saturated carbocycles. The van der Waals surface area contributed by atoms with Crippen molar-refractivity contribution in [2.24, 2.45) is 0 Å². The number of carbonyl (C=O) groups excluding carboxylic acids is 2. The number of fused-ring (bicyclic) bond motifs is 4. The average Bonchev–Trinajstić information content (AvgIpc) is 3.17. The second kappa shape index (κ2) is 18.8. The van der Waals surface area contributed by atoms with Gasteiger partial charge in [0.2, 0.25) is 0 Å². The molecule has 0 spiro atoms. The van der Waals surface area contributed by atoms with E-state index in [2.05, 4.69) is 67.5 Å². The number of methoxy groups -OCH3 is 2. The summed E-state index contributed by atoms with van der Waals surface area (Å²) in [5.74, 6) is -0.876. The van der Waals surface area contributed by atoms with Gasteiger partial charge in [0.05, 0.1) is 25.3 Å². The maximum absolute atomic E-state index is 13.7. The fourth-order valence-corrected chi connectivity index (χ4v) is 10.1. The van der Waals surface area contributed by atoms with Gasteiger partial charge in [-0.25, -0.2) is 9.59 Å². The van der Waals surface area contributed by atoms with E-state index in [0.29, 0.717) is 24.0 Å². The van der Waals surface area contributed by atoms with Crippen LogP contribution in [-0.4, -0.2) is 26.2 Å². The Hall–Kier alpha value is -3.66. The number of ether oxygens (including phenoxy) is 2. The van der Waals surface area contributed by atoms with Crippen molar-refractivity contribution in [1.82, 2.24) is 0 Å². The number of esters is 2. The normalized spacial score (nSPS) is 12.3. The quantitative estimate of drug-likeness (QED) is 0.0665. The first kappa shape index (κ1) is 41.5. The lowest BCUT2D eigenvalue weighted by Gasteiger charge is -2.33. The van der Waals surface area contributed by atoms with Gasteiger partial charge in [-0.3, -0.25) is 0 Å². The predicted molar refractivity (Wildman–Crippen MR) is 228 cm³/mol. The van der Waals surface area contributed by atoms with Crippen LogP contribution in [0, 0.1) is 0 Å². The SMILES string of the molecule is CCCc1c2c(c(CCC)c(C(=O)OC)c1C(=O)OC)Cc1c(c(CCC)c3cc4c(CCC)c(CCC)c(CCC)c(CCC)c4cc3c1CCC)C2. The van der Waals surface area contributed by atoms with Gasteiger partial charge in [-0.05, 0) is 165 Å². The van der Waals surface area contributed by atoms with E-state index in [1.165, 1.54) is 69.1 Å². The molecule has 1 aliphatic carbocycles. The molecule has 0 bridgehead atoms. The highest BCUT2D eigenvalue weighted by atomic mass is 16.5. The summed E-state index contributed by atoms with van der Waals surface area (Å²) in [6.45, 7) is 18.3. The molecule has 0 atom stereocenters. The highest BCUT2D eigenvalue weighted by Gasteiger charge is 2.35. The number of benzene rings is 4. The number of aryl methyl sites for hydroxylation is 4. The third-order valence-corrected chi connectivity index (χ3v) is 12.1. The molecule has 54 heavy (non-hydrogen) atoms. The third kappa shape index (κ3) is 7.48. The zero-order valence-electron chi connectivity index (χ0n) is 35.5. The minimum atomic E-state index is -0.438. The van der Waals surface area contributed by atoms with Crippen molar-refractivity contribution in [3.63, 3.8) is 0 Å². The van der Waals surface area contributed by atoms with Crippen LogP contribution >= 0.6 is 0 Å². The summed E-state index contributed by atoms with van der Waals surface area (Å²) in [5.41, 5.74) is 17.6. The molecule has 0 fully saturated rings. The molecule has 5 rings (SSSR count). The summed E-state index contributed by atoms with van der Waals surface area (Å²) >= 11 is 0. The first-order valence-electron chi connectivity index (χ1n) is 21.7. The molecular weight excluding hydrogens is 665 g/mol. The maximum Gasteiger partial charge on any atom is 0.339 e. The third-order valence-electron chi connectivity index (χ3n) is 12.1. The molecule has 0 aliphatic heterocycles. The molecule has 4 heteroatoms. The molecule has 4 nitrogen and oxygen atoms in total. The maximum atomic E-state index is 13.7. The Kier molecular flexibility index (Phi) is 14.4. The van der Waals surface area contributed by atoms with E-state index >= 15 is 0 Å². The van der Waals surface area contributed by atoms with Gasteiger partial charge in [-0.1, -0.05) is 107 Å². The average molecular weight is 733 g/mol. The molecule has 0 heterocycles. The molecule has 1 aliphatic rings. The van der Waals surface area contributed by atoms with E-state index in [9.17, 15) is 9.59 Å². The Morgan fingerprint density at radius 1 is 0.389 bits per heavy atom. The van der Waals surface area contributed by atoms with Crippen LogP contribution in [-0.2, 0) is 73.7 Å². The Balaban J connectivity index is 2.00. The van der Waals surface area contributed by atoms with Crippen molar-refractivity contribution < 1.29 is 19.1 Å². The summed E-state index contributed by atoms with van der Waals surface area (Å²) < 4.78 is 10.9. The molecule has 4 aromatic rings. The van der Waals surface area contributed by atoms with Crippen molar-refractivity contribution in [2.75, 3.05) is 14.2 Å². The lowest BCUT2D eigenvalue weighted by Crippen LogP contribution is -2.25. The molecular formula is C50H68O4. The standard InChI is InChI=1S/C50H68O4/c1-11-19-31-32(20-12-2)34(22-14-4)40-28-42-36(24-16-6)44-30-46-38(26-18-8)48(50(52)54-10)47(49(51)53-9)37(25-17-7)45(46)29-43(44)35(23-15-5)41(42)27-39(40)33(31)21-13-3/h27-28H,11-26,29-30H2,1-10H3. The van der Waals surface area contributed by atoms with Gasteiger partial charge in [-0.2, -0.15) is 0 Å². The summed E-state index contributed by atoms with van der Waals surface area (Å²) in [6.07, 6.45) is 18.0. The second-order valence-corrected chi connectivity index (χ2v) is 15.8. The molecule has 4 aromatic carbocycles. The fraction of sp³-hybridized carbons (Fsp3) is 0.560. The molecule has 0 N–H and O–H groups in total. The van der Waals surface area contributed by atoms with Crippen LogP contribution < -0.4 is 0 Å². The van der Waals surface area contributed by atoms with Crippen LogP contribution in [0.1, 0.15) is 194 Å². The highest BCUT2D eigenvalue weighted by molar-refractivity contribution is 6.07. The van der Waals surface area contributed by atoms with Gasteiger partial charge in [0.15, 0.2) is 0 Å². The second-order valence-electron chi connectivity index (χ2n) is 15.8. The van der Waals surface area contributed by atoms with Gasteiger partial charge in [-0.15, -0.1) is 0 Å². The van der Waals surface area contributed by atoms with Crippen molar-refractivity contribution in [2.45, 2.75) is 171 Å². The molecule has 0 aromatic heterocycles. The molecule has 0 saturated heterocycles. The van der Waals surface area contributed by atoms with Crippen molar-refractivity contribution in [1.29, 1.82) is 0 Å². The molecule has 0 unspecified atom stereocenters. The smallest absolute Gasteiger partial charge is 0.339 e. The lowest BCUT2D eigenvalue weighted by atomic mass is 9.71. The van der Waals surface area contributed by atoms with Crippen LogP contribution in [0.4, 0.5) is 0 Å². The fourth-order valence-electron chi connectivity index (χ4n) is 10.1. The summed E-state index contributed by atoms with van der Waals surface area (Å²) in [7, 11) is 2.85. The minimum Gasteiger partial charge on any atom is -0.465 e. The van der Waals surface area contributed by atoms with E-state index < -0.39 is 11.9 Å². The van der Waals surface area contributed by atoms with Crippen molar-refractivity contribution in [3.05, 3.63) is 90.0 Å².